The van der Waals surface area contributed by atoms with E-state index >= 15 is 0 Å². The van der Waals surface area contributed by atoms with Gasteiger partial charge < -0.3 is 10.3 Å². The summed E-state index contributed by atoms with van der Waals surface area (Å²) in [5.41, 5.74) is 7.85. The number of aryl methyl sites for hydroxylation is 2. The van der Waals surface area contributed by atoms with Crippen LogP contribution in [0.5, 0.6) is 0 Å². The van der Waals surface area contributed by atoms with Crippen molar-refractivity contribution in [2.75, 3.05) is 13.1 Å². The maximum absolute atomic E-state index is 13.9. The summed E-state index contributed by atoms with van der Waals surface area (Å²) in [6, 6.07) is 15.5. The first-order valence-corrected chi connectivity index (χ1v) is 13.4. The summed E-state index contributed by atoms with van der Waals surface area (Å²) in [5.74, 6) is 0.308. The van der Waals surface area contributed by atoms with Crippen molar-refractivity contribution in [1.29, 1.82) is 0 Å². The van der Waals surface area contributed by atoms with Crippen LogP contribution in [0, 0.1) is 13.8 Å². The number of sulfonamides is 1. The second kappa shape index (κ2) is 10.7. The molecule has 0 saturated carbocycles. The Bertz CT molecular complexity index is 1500. The normalized spacial score (nSPS) is 12.9. The number of benzene rings is 2. The summed E-state index contributed by atoms with van der Waals surface area (Å²) in [5, 5.41) is 4.22. The predicted octanol–water partition coefficient (Wildman–Crippen LogP) is 3.54. The van der Waals surface area contributed by atoms with Gasteiger partial charge in [0.2, 0.25) is 10.0 Å². The minimum atomic E-state index is -3.92. The van der Waals surface area contributed by atoms with Gasteiger partial charge in [-0.15, -0.1) is 0 Å². The van der Waals surface area contributed by atoms with Crippen LogP contribution < -0.4 is 11.3 Å². The average molecular weight is 510 g/mol. The highest BCUT2D eigenvalue weighted by molar-refractivity contribution is 7.89. The van der Waals surface area contributed by atoms with Crippen LogP contribution in [0.3, 0.4) is 0 Å². The second-order valence-corrected chi connectivity index (χ2v) is 10.7. The van der Waals surface area contributed by atoms with Crippen molar-refractivity contribution in [3.63, 3.8) is 0 Å². The van der Waals surface area contributed by atoms with E-state index in [-0.39, 0.29) is 29.3 Å². The number of nitrogens with two attached hydrogens (primary N) is 1. The first kappa shape index (κ1) is 25.7. The van der Waals surface area contributed by atoms with Gasteiger partial charge in [-0.1, -0.05) is 60.1 Å². The van der Waals surface area contributed by atoms with E-state index in [2.05, 4.69) is 10.1 Å². The van der Waals surface area contributed by atoms with Gasteiger partial charge in [-0.3, -0.25) is 9.36 Å². The molecule has 0 amide bonds. The lowest BCUT2D eigenvalue weighted by Crippen LogP contribution is -2.40. The van der Waals surface area contributed by atoms with Gasteiger partial charge >= 0.3 is 0 Å². The van der Waals surface area contributed by atoms with Crippen molar-refractivity contribution in [2.45, 2.75) is 51.1 Å². The number of hydrogen-bond acceptors (Lipinski definition) is 7. The Balaban J connectivity index is 1.92. The summed E-state index contributed by atoms with van der Waals surface area (Å²) in [4.78, 5) is 18.5. The third-order valence-corrected chi connectivity index (χ3v) is 8.14. The van der Waals surface area contributed by atoms with Gasteiger partial charge in [0, 0.05) is 6.54 Å². The van der Waals surface area contributed by atoms with Gasteiger partial charge in [-0.05, 0) is 50.9 Å². The summed E-state index contributed by atoms with van der Waals surface area (Å²) in [7, 11) is -3.92. The van der Waals surface area contributed by atoms with Crippen LogP contribution in [0.1, 0.15) is 48.5 Å². The molecule has 0 bridgehead atoms. The van der Waals surface area contributed by atoms with Gasteiger partial charge in [0.05, 0.1) is 23.2 Å². The highest BCUT2D eigenvalue weighted by Crippen LogP contribution is 2.31. The molecule has 2 heterocycles. The van der Waals surface area contributed by atoms with E-state index in [1.54, 1.807) is 31.2 Å². The van der Waals surface area contributed by atoms with E-state index < -0.39 is 16.1 Å². The van der Waals surface area contributed by atoms with E-state index in [0.29, 0.717) is 36.3 Å². The third-order valence-electron chi connectivity index (χ3n) is 6.22. The highest BCUT2D eigenvalue weighted by Gasteiger charge is 2.35. The Morgan fingerprint density at radius 3 is 2.42 bits per heavy atom. The average Bonchev–Trinajstić information content (AvgIpc) is 3.25. The lowest BCUT2D eigenvalue weighted by Gasteiger charge is -2.31. The molecule has 4 rings (SSSR count). The zero-order valence-corrected chi connectivity index (χ0v) is 21.5. The molecule has 0 radical (unpaired) electrons. The van der Waals surface area contributed by atoms with Crippen molar-refractivity contribution in [3.05, 3.63) is 87.6 Å². The molecule has 0 aliphatic carbocycles. The Morgan fingerprint density at radius 1 is 1.08 bits per heavy atom. The molecule has 1 unspecified atom stereocenters. The third kappa shape index (κ3) is 4.97. The van der Waals surface area contributed by atoms with E-state index in [4.69, 9.17) is 10.3 Å². The van der Waals surface area contributed by atoms with Crippen LogP contribution in [0.2, 0.25) is 0 Å². The smallest absolute Gasteiger partial charge is 0.267 e. The Labute approximate surface area is 210 Å². The lowest BCUT2D eigenvalue weighted by atomic mass is 10.1. The summed E-state index contributed by atoms with van der Waals surface area (Å²) in [6.45, 7) is 6.20. The SMILES string of the molecule is CCC(c1nc2onc(C)c2c(=O)n1Cc1ccccc1)N(CCCN)S(=O)(=O)c1ccc(C)cc1. The molecule has 2 aromatic carbocycles. The zero-order chi connectivity index (χ0) is 25.9. The summed E-state index contributed by atoms with van der Waals surface area (Å²) < 4.78 is 36.1. The Morgan fingerprint density at radius 2 is 1.78 bits per heavy atom. The molecule has 0 saturated heterocycles. The van der Waals surface area contributed by atoms with Gasteiger partial charge in [-0.2, -0.15) is 9.29 Å². The van der Waals surface area contributed by atoms with Crippen LogP contribution in [0.15, 0.2) is 68.8 Å². The van der Waals surface area contributed by atoms with Crippen molar-refractivity contribution in [1.82, 2.24) is 19.0 Å². The maximum Gasteiger partial charge on any atom is 0.267 e. The fourth-order valence-electron chi connectivity index (χ4n) is 4.31. The fraction of sp³-hybridized carbons (Fsp3) is 0.346. The zero-order valence-electron chi connectivity index (χ0n) is 20.7. The maximum atomic E-state index is 13.9. The van der Waals surface area contributed by atoms with Crippen molar-refractivity contribution >= 4 is 21.1 Å². The van der Waals surface area contributed by atoms with Gasteiger partial charge in [0.1, 0.15) is 11.2 Å². The van der Waals surface area contributed by atoms with Crippen molar-refractivity contribution in [2.24, 2.45) is 5.73 Å². The number of nitrogens with zero attached hydrogens (tertiary/aromatic N) is 4. The van der Waals surface area contributed by atoms with Crippen LogP contribution in [-0.4, -0.2) is 40.5 Å². The van der Waals surface area contributed by atoms with Crippen LogP contribution in [0.25, 0.3) is 11.1 Å². The predicted molar refractivity (Wildman–Crippen MR) is 138 cm³/mol. The van der Waals surface area contributed by atoms with E-state index in [1.807, 2.05) is 44.2 Å². The topological polar surface area (TPSA) is 124 Å². The summed E-state index contributed by atoms with van der Waals surface area (Å²) >= 11 is 0. The number of hydrogen-bond donors (Lipinski definition) is 1. The molecule has 1 atom stereocenters. The van der Waals surface area contributed by atoms with Crippen molar-refractivity contribution in [3.8, 4) is 0 Å². The molecule has 36 heavy (non-hydrogen) atoms. The molecular formula is C26H31N5O4S. The minimum absolute atomic E-state index is 0.0989. The molecule has 0 aliphatic rings. The highest BCUT2D eigenvalue weighted by atomic mass is 32.2. The van der Waals surface area contributed by atoms with Crippen molar-refractivity contribution < 1.29 is 12.9 Å². The van der Waals surface area contributed by atoms with E-state index in [1.165, 1.54) is 8.87 Å². The first-order chi connectivity index (χ1) is 17.3. The number of fused-ring (bicyclic) bond motifs is 1. The monoisotopic (exact) mass is 509 g/mol. The number of rotatable bonds is 10. The number of aromatic nitrogens is 3. The molecule has 0 spiro atoms. The molecule has 9 nitrogen and oxygen atoms in total. The molecule has 4 aromatic rings. The van der Waals surface area contributed by atoms with Crippen LogP contribution in [-0.2, 0) is 16.6 Å². The van der Waals surface area contributed by atoms with Crippen LogP contribution in [0.4, 0.5) is 0 Å². The molecule has 0 fully saturated rings. The lowest BCUT2D eigenvalue weighted by molar-refractivity contribution is 0.293. The molecular weight excluding hydrogens is 478 g/mol. The largest absolute Gasteiger partial charge is 0.335 e. The Kier molecular flexibility index (Phi) is 7.67. The Hall–Kier alpha value is -3.34. The standard InChI is InChI=1S/C26H31N5O4S/c1-4-22(31(16-8-15-27)36(33,34)21-13-11-18(2)12-14-21)24-28-25-23(19(3)29-35-25)26(32)30(24)17-20-9-6-5-7-10-20/h5-7,9-14,22H,4,8,15-17,27H2,1-3H3. The first-order valence-electron chi connectivity index (χ1n) is 12.0. The molecule has 10 heteroatoms. The quantitative estimate of drug-likeness (QED) is 0.347. The van der Waals surface area contributed by atoms with Gasteiger partial charge in [0.25, 0.3) is 11.3 Å². The minimum Gasteiger partial charge on any atom is -0.335 e. The molecule has 2 aromatic heterocycles. The van der Waals surface area contributed by atoms with Gasteiger partial charge in [-0.25, -0.2) is 8.42 Å². The fourth-order valence-corrected chi connectivity index (χ4v) is 6.01. The molecule has 2 N–H and O–H groups in total. The second-order valence-electron chi connectivity index (χ2n) is 8.79. The van der Waals surface area contributed by atoms with Gasteiger partial charge in [0.15, 0.2) is 0 Å². The van der Waals surface area contributed by atoms with E-state index in [0.717, 1.165) is 11.1 Å². The molecule has 190 valence electrons. The van der Waals surface area contributed by atoms with Crippen LogP contribution >= 0.6 is 0 Å². The van der Waals surface area contributed by atoms with E-state index in [9.17, 15) is 13.2 Å². The summed E-state index contributed by atoms with van der Waals surface area (Å²) in [6.07, 6.45) is 0.837. The molecule has 0 aliphatic heterocycles.